The first kappa shape index (κ1) is 28.3. The van der Waals surface area contributed by atoms with Crippen LogP contribution < -0.4 is 9.62 Å². The number of amides is 2. The summed E-state index contributed by atoms with van der Waals surface area (Å²) < 4.78 is 43.5. The maximum Gasteiger partial charge on any atom is 0.264 e. The molecule has 0 radical (unpaired) electrons. The van der Waals surface area contributed by atoms with Crippen LogP contribution in [0.2, 0.25) is 0 Å². The Balaban J connectivity index is 2.01. The first-order chi connectivity index (χ1) is 17.6. The zero-order valence-electron chi connectivity index (χ0n) is 20.6. The second-order valence-electron chi connectivity index (χ2n) is 8.38. The molecule has 2 amide bonds. The van der Waals surface area contributed by atoms with Crippen molar-refractivity contribution in [3.05, 3.63) is 94.7 Å². The third kappa shape index (κ3) is 7.17. The molecule has 0 aliphatic heterocycles. The van der Waals surface area contributed by atoms with Crippen LogP contribution in [0.15, 0.2) is 88.2 Å². The number of halogens is 2. The standard InChI is InChI=1S/C27H29BrFN3O4S/c1-3-17-30-27(34)20(2)31(18-21-9-7-8-12-25(21)29)26(33)19-32(23-15-13-22(28)14-16-23)37(35,36)24-10-5-4-6-11-24/h4-16,20H,3,17-19H2,1-2H3,(H,30,34)/t20-/m1/s1. The number of sulfonamides is 1. The smallest absolute Gasteiger partial charge is 0.264 e. The maximum absolute atomic E-state index is 14.5. The molecular weight excluding hydrogens is 561 g/mol. The summed E-state index contributed by atoms with van der Waals surface area (Å²) in [4.78, 5) is 27.7. The molecule has 196 valence electrons. The van der Waals surface area contributed by atoms with Crippen LogP contribution in [-0.4, -0.2) is 44.3 Å². The van der Waals surface area contributed by atoms with E-state index < -0.39 is 40.2 Å². The van der Waals surface area contributed by atoms with Gasteiger partial charge in [-0.3, -0.25) is 13.9 Å². The number of hydrogen-bond donors (Lipinski definition) is 1. The van der Waals surface area contributed by atoms with E-state index in [4.69, 9.17) is 0 Å². The van der Waals surface area contributed by atoms with E-state index in [9.17, 15) is 22.4 Å². The first-order valence-electron chi connectivity index (χ1n) is 11.8. The molecule has 7 nitrogen and oxygen atoms in total. The van der Waals surface area contributed by atoms with Crippen molar-refractivity contribution in [1.29, 1.82) is 0 Å². The van der Waals surface area contributed by atoms with E-state index in [0.29, 0.717) is 13.0 Å². The van der Waals surface area contributed by atoms with Gasteiger partial charge in [0.15, 0.2) is 0 Å². The molecule has 3 rings (SSSR count). The van der Waals surface area contributed by atoms with Crippen LogP contribution in [0.3, 0.4) is 0 Å². The lowest BCUT2D eigenvalue weighted by molar-refractivity contribution is -0.139. The first-order valence-corrected chi connectivity index (χ1v) is 14.0. The van der Waals surface area contributed by atoms with E-state index in [1.807, 2.05) is 6.92 Å². The maximum atomic E-state index is 14.5. The number of benzene rings is 3. The summed E-state index contributed by atoms with van der Waals surface area (Å²) >= 11 is 3.34. The van der Waals surface area contributed by atoms with Gasteiger partial charge in [0, 0.05) is 23.1 Å². The van der Waals surface area contributed by atoms with Crippen LogP contribution in [0.1, 0.15) is 25.8 Å². The molecule has 0 aliphatic rings. The normalized spacial score (nSPS) is 12.0. The Kier molecular flexibility index (Phi) is 9.82. The zero-order valence-corrected chi connectivity index (χ0v) is 23.0. The second kappa shape index (κ2) is 12.8. The molecule has 1 N–H and O–H groups in total. The molecule has 0 heterocycles. The number of rotatable bonds is 11. The minimum Gasteiger partial charge on any atom is -0.354 e. The van der Waals surface area contributed by atoms with E-state index in [2.05, 4.69) is 21.2 Å². The predicted octanol–water partition coefficient (Wildman–Crippen LogP) is 4.73. The molecule has 0 saturated carbocycles. The molecule has 0 aliphatic carbocycles. The van der Waals surface area contributed by atoms with E-state index in [-0.39, 0.29) is 22.7 Å². The van der Waals surface area contributed by atoms with Gasteiger partial charge < -0.3 is 10.2 Å². The monoisotopic (exact) mass is 589 g/mol. The lowest BCUT2D eigenvalue weighted by Crippen LogP contribution is -2.51. The van der Waals surface area contributed by atoms with Crippen LogP contribution in [0.4, 0.5) is 10.1 Å². The minimum absolute atomic E-state index is 0.0140. The molecule has 0 aromatic heterocycles. The van der Waals surface area contributed by atoms with Gasteiger partial charge in [-0.2, -0.15) is 0 Å². The summed E-state index contributed by atoms with van der Waals surface area (Å²) in [5.74, 6) is -1.58. The van der Waals surface area contributed by atoms with Gasteiger partial charge in [0.1, 0.15) is 18.4 Å². The van der Waals surface area contributed by atoms with Crippen LogP contribution in [0.5, 0.6) is 0 Å². The molecule has 3 aromatic rings. The van der Waals surface area contributed by atoms with E-state index in [1.54, 1.807) is 55.5 Å². The Bertz CT molecular complexity index is 1320. The van der Waals surface area contributed by atoms with Gasteiger partial charge in [0.05, 0.1) is 10.6 Å². The van der Waals surface area contributed by atoms with Gasteiger partial charge in [-0.1, -0.05) is 59.3 Å². The van der Waals surface area contributed by atoms with E-state index in [0.717, 1.165) is 8.78 Å². The van der Waals surface area contributed by atoms with E-state index >= 15 is 0 Å². The van der Waals surface area contributed by atoms with Crippen molar-refractivity contribution in [2.45, 2.75) is 37.8 Å². The van der Waals surface area contributed by atoms with Crippen molar-refractivity contribution < 1.29 is 22.4 Å². The van der Waals surface area contributed by atoms with Crippen molar-refractivity contribution in [2.75, 3.05) is 17.4 Å². The summed E-state index contributed by atoms with van der Waals surface area (Å²) in [7, 11) is -4.14. The van der Waals surface area contributed by atoms with Crippen molar-refractivity contribution >= 4 is 43.5 Å². The van der Waals surface area contributed by atoms with Crippen LogP contribution in [0, 0.1) is 5.82 Å². The summed E-state index contributed by atoms with van der Waals surface area (Å²) in [6.45, 7) is 3.07. The van der Waals surface area contributed by atoms with Crippen molar-refractivity contribution in [3.8, 4) is 0 Å². The molecule has 0 unspecified atom stereocenters. The SMILES string of the molecule is CCCNC(=O)[C@@H](C)N(Cc1ccccc1F)C(=O)CN(c1ccc(Br)cc1)S(=O)(=O)c1ccccc1. The number of carbonyl (C=O) groups is 2. The van der Waals surface area contributed by atoms with E-state index in [1.165, 1.54) is 35.2 Å². The Labute approximate surface area is 225 Å². The highest BCUT2D eigenvalue weighted by Gasteiger charge is 2.32. The fourth-order valence-corrected chi connectivity index (χ4v) is 5.34. The fourth-order valence-electron chi connectivity index (χ4n) is 3.64. The Morgan fingerprint density at radius 2 is 1.59 bits per heavy atom. The number of carbonyl (C=O) groups excluding carboxylic acids is 2. The van der Waals surface area contributed by atoms with Crippen molar-refractivity contribution in [2.24, 2.45) is 0 Å². The second-order valence-corrected chi connectivity index (χ2v) is 11.2. The average molecular weight is 591 g/mol. The molecular formula is C27H29BrFN3O4S. The minimum atomic E-state index is -4.14. The van der Waals surface area contributed by atoms with Gasteiger partial charge in [-0.15, -0.1) is 0 Å². The molecule has 0 saturated heterocycles. The van der Waals surface area contributed by atoms with Gasteiger partial charge in [0.25, 0.3) is 10.0 Å². The highest BCUT2D eigenvalue weighted by Crippen LogP contribution is 2.26. The zero-order chi connectivity index (χ0) is 27.0. The number of anilines is 1. The number of nitrogens with zero attached hydrogens (tertiary/aromatic N) is 2. The van der Waals surface area contributed by atoms with Crippen molar-refractivity contribution in [3.63, 3.8) is 0 Å². The highest BCUT2D eigenvalue weighted by molar-refractivity contribution is 9.10. The third-order valence-electron chi connectivity index (χ3n) is 5.74. The summed E-state index contributed by atoms with van der Waals surface area (Å²) in [6, 6.07) is 19.3. The lowest BCUT2D eigenvalue weighted by atomic mass is 10.1. The Morgan fingerprint density at radius 3 is 2.22 bits per heavy atom. The third-order valence-corrected chi connectivity index (χ3v) is 8.06. The Hall–Kier alpha value is -3.24. The average Bonchev–Trinajstić information content (AvgIpc) is 2.90. The van der Waals surface area contributed by atoms with Gasteiger partial charge in [-0.25, -0.2) is 12.8 Å². The van der Waals surface area contributed by atoms with Crippen LogP contribution >= 0.6 is 15.9 Å². The van der Waals surface area contributed by atoms with Gasteiger partial charge >= 0.3 is 0 Å². The fraction of sp³-hybridized carbons (Fsp3) is 0.259. The van der Waals surface area contributed by atoms with Crippen LogP contribution in [-0.2, 0) is 26.2 Å². The summed E-state index contributed by atoms with van der Waals surface area (Å²) in [6.07, 6.45) is 0.701. The molecule has 0 fully saturated rings. The van der Waals surface area contributed by atoms with Gasteiger partial charge in [0.2, 0.25) is 11.8 Å². The Morgan fingerprint density at radius 1 is 0.973 bits per heavy atom. The summed E-state index contributed by atoms with van der Waals surface area (Å²) in [5, 5.41) is 2.75. The summed E-state index contributed by atoms with van der Waals surface area (Å²) in [5.41, 5.74) is 0.487. The molecule has 3 aromatic carbocycles. The van der Waals surface area contributed by atoms with Gasteiger partial charge in [-0.05, 0) is 55.8 Å². The molecule has 10 heteroatoms. The quantitative estimate of drug-likeness (QED) is 0.350. The number of nitrogens with one attached hydrogen (secondary N) is 1. The molecule has 0 spiro atoms. The van der Waals surface area contributed by atoms with Crippen molar-refractivity contribution in [1.82, 2.24) is 10.2 Å². The van der Waals surface area contributed by atoms with Crippen LogP contribution in [0.25, 0.3) is 0 Å². The predicted molar refractivity (Wildman–Crippen MR) is 145 cm³/mol. The lowest BCUT2D eigenvalue weighted by Gasteiger charge is -2.32. The largest absolute Gasteiger partial charge is 0.354 e. The highest BCUT2D eigenvalue weighted by atomic mass is 79.9. The molecule has 37 heavy (non-hydrogen) atoms. The molecule has 0 bridgehead atoms. The number of hydrogen-bond acceptors (Lipinski definition) is 4. The topological polar surface area (TPSA) is 86.8 Å². The molecule has 1 atom stereocenters.